The van der Waals surface area contributed by atoms with Gasteiger partial charge in [-0.25, -0.2) is 4.79 Å². The van der Waals surface area contributed by atoms with Gasteiger partial charge in [0.15, 0.2) is 0 Å². The maximum Gasteiger partial charge on any atom is 0.320 e. The van der Waals surface area contributed by atoms with Crippen LogP contribution in [-0.4, -0.2) is 79.5 Å². The van der Waals surface area contributed by atoms with Crippen LogP contribution in [0.25, 0.3) is 0 Å². The van der Waals surface area contributed by atoms with Crippen molar-refractivity contribution in [2.75, 3.05) is 52.9 Å². The number of carbonyl (C=O) groups is 2. The van der Waals surface area contributed by atoms with Crippen molar-refractivity contribution >= 4 is 11.9 Å². The summed E-state index contributed by atoms with van der Waals surface area (Å²) in [5.41, 5.74) is 0.311. The summed E-state index contributed by atoms with van der Waals surface area (Å²) in [6.45, 7) is 5.88. The number of likely N-dealkylation sites (tertiary alicyclic amines) is 1. The molecule has 2 aliphatic heterocycles. The predicted molar refractivity (Wildman–Crippen MR) is 79.9 cm³/mol. The van der Waals surface area contributed by atoms with Gasteiger partial charge in [-0.05, 0) is 38.8 Å². The second kappa shape index (κ2) is 5.83. The SMILES string of the molecule is CN1CCN(CC(=O)NCC2(CN3CCCC3)CC2)C1=O. The van der Waals surface area contributed by atoms with Crippen LogP contribution in [-0.2, 0) is 4.79 Å². The van der Waals surface area contributed by atoms with Gasteiger partial charge in [0.1, 0.15) is 6.54 Å². The Morgan fingerprint density at radius 3 is 2.48 bits per heavy atom. The van der Waals surface area contributed by atoms with E-state index in [1.165, 1.54) is 38.8 Å². The molecule has 0 aromatic heterocycles. The van der Waals surface area contributed by atoms with E-state index in [9.17, 15) is 9.59 Å². The fraction of sp³-hybridized carbons (Fsp3) is 0.867. The summed E-state index contributed by atoms with van der Waals surface area (Å²) in [7, 11) is 1.77. The van der Waals surface area contributed by atoms with Crippen LogP contribution < -0.4 is 5.32 Å². The average Bonchev–Trinajstić information content (AvgIpc) is 2.90. The van der Waals surface area contributed by atoms with E-state index in [1.807, 2.05) is 0 Å². The van der Waals surface area contributed by atoms with E-state index in [1.54, 1.807) is 16.8 Å². The van der Waals surface area contributed by atoms with Crippen molar-refractivity contribution in [2.45, 2.75) is 25.7 Å². The third-order valence-corrected chi connectivity index (χ3v) is 5.01. The summed E-state index contributed by atoms with van der Waals surface area (Å²) in [5.74, 6) is -0.0219. The first-order chi connectivity index (χ1) is 10.1. The molecule has 3 fully saturated rings. The van der Waals surface area contributed by atoms with Gasteiger partial charge in [0.2, 0.25) is 5.91 Å². The topological polar surface area (TPSA) is 55.9 Å². The van der Waals surface area contributed by atoms with E-state index in [0.29, 0.717) is 18.5 Å². The standard InChI is InChI=1S/C15H26N4O2/c1-17-8-9-19(14(17)21)10-13(20)16-11-15(4-5-15)12-18-6-2-3-7-18/h2-12H2,1H3,(H,16,20). The van der Waals surface area contributed by atoms with Gasteiger partial charge in [0, 0.05) is 38.6 Å². The molecular formula is C15H26N4O2. The van der Waals surface area contributed by atoms with Crippen LogP contribution in [0.1, 0.15) is 25.7 Å². The van der Waals surface area contributed by atoms with Crippen LogP contribution in [0.5, 0.6) is 0 Å². The molecule has 2 heterocycles. The Kier molecular flexibility index (Phi) is 4.06. The molecule has 0 bridgehead atoms. The van der Waals surface area contributed by atoms with Gasteiger partial charge in [-0.3, -0.25) is 4.79 Å². The summed E-state index contributed by atoms with van der Waals surface area (Å²) in [5, 5.41) is 3.04. The van der Waals surface area contributed by atoms with Crippen molar-refractivity contribution in [3.05, 3.63) is 0 Å². The second-order valence-electron chi connectivity index (χ2n) is 6.89. The highest BCUT2D eigenvalue weighted by Gasteiger charge is 2.44. The van der Waals surface area contributed by atoms with Crippen LogP contribution in [0.4, 0.5) is 4.79 Å². The van der Waals surface area contributed by atoms with Gasteiger partial charge < -0.3 is 20.0 Å². The number of rotatable bonds is 6. The van der Waals surface area contributed by atoms with Gasteiger partial charge in [-0.2, -0.15) is 0 Å². The summed E-state index contributed by atoms with van der Waals surface area (Å²) in [6.07, 6.45) is 5.06. The molecular weight excluding hydrogens is 268 g/mol. The minimum absolute atomic E-state index is 0.0219. The van der Waals surface area contributed by atoms with Crippen molar-refractivity contribution in [1.29, 1.82) is 0 Å². The molecule has 0 aromatic carbocycles. The number of urea groups is 1. The van der Waals surface area contributed by atoms with Gasteiger partial charge >= 0.3 is 6.03 Å². The van der Waals surface area contributed by atoms with Gasteiger partial charge in [-0.15, -0.1) is 0 Å². The third-order valence-electron chi connectivity index (χ3n) is 5.01. The highest BCUT2D eigenvalue weighted by atomic mass is 16.2. The summed E-state index contributed by atoms with van der Waals surface area (Å²) in [4.78, 5) is 29.6. The lowest BCUT2D eigenvalue weighted by Crippen LogP contribution is -2.42. The number of carbonyl (C=O) groups excluding carboxylic acids is 2. The monoisotopic (exact) mass is 294 g/mol. The molecule has 3 aliphatic rings. The molecule has 3 amide bonds. The van der Waals surface area contributed by atoms with Gasteiger partial charge in [-0.1, -0.05) is 0 Å². The molecule has 0 atom stereocenters. The number of nitrogens with one attached hydrogen (secondary N) is 1. The Morgan fingerprint density at radius 2 is 1.90 bits per heavy atom. The smallest absolute Gasteiger partial charge is 0.320 e. The Labute approximate surface area is 126 Å². The van der Waals surface area contributed by atoms with E-state index in [-0.39, 0.29) is 18.5 Å². The number of nitrogens with zero attached hydrogens (tertiary/aromatic N) is 3. The zero-order valence-corrected chi connectivity index (χ0v) is 12.9. The summed E-state index contributed by atoms with van der Waals surface area (Å²) < 4.78 is 0. The Hall–Kier alpha value is -1.30. The Bertz CT molecular complexity index is 416. The van der Waals surface area contributed by atoms with Crippen molar-refractivity contribution in [3.63, 3.8) is 0 Å². The summed E-state index contributed by atoms with van der Waals surface area (Å²) in [6, 6.07) is -0.0386. The first kappa shape index (κ1) is 14.6. The normalized spacial score (nSPS) is 24.7. The molecule has 6 nitrogen and oxygen atoms in total. The Morgan fingerprint density at radius 1 is 1.19 bits per heavy atom. The van der Waals surface area contributed by atoms with E-state index >= 15 is 0 Å². The fourth-order valence-electron chi connectivity index (χ4n) is 3.35. The molecule has 0 spiro atoms. The van der Waals surface area contributed by atoms with E-state index in [0.717, 1.165) is 13.1 Å². The first-order valence-corrected chi connectivity index (χ1v) is 8.07. The minimum Gasteiger partial charge on any atom is -0.354 e. The zero-order chi connectivity index (χ0) is 14.9. The van der Waals surface area contributed by atoms with Crippen molar-refractivity contribution in [1.82, 2.24) is 20.0 Å². The van der Waals surface area contributed by atoms with Crippen molar-refractivity contribution in [3.8, 4) is 0 Å². The van der Waals surface area contributed by atoms with Crippen molar-refractivity contribution in [2.24, 2.45) is 5.41 Å². The van der Waals surface area contributed by atoms with Crippen LogP contribution >= 0.6 is 0 Å². The van der Waals surface area contributed by atoms with Crippen LogP contribution in [0.15, 0.2) is 0 Å². The van der Waals surface area contributed by atoms with E-state index < -0.39 is 0 Å². The van der Waals surface area contributed by atoms with E-state index in [2.05, 4.69) is 10.2 Å². The van der Waals surface area contributed by atoms with Gasteiger partial charge in [0.25, 0.3) is 0 Å². The molecule has 0 radical (unpaired) electrons. The number of amides is 3. The largest absolute Gasteiger partial charge is 0.354 e. The lowest BCUT2D eigenvalue weighted by molar-refractivity contribution is -0.121. The van der Waals surface area contributed by atoms with E-state index in [4.69, 9.17) is 0 Å². The predicted octanol–water partition coefficient (Wildman–Crippen LogP) is 0.346. The second-order valence-corrected chi connectivity index (χ2v) is 6.89. The highest BCUT2D eigenvalue weighted by molar-refractivity contribution is 5.85. The quantitative estimate of drug-likeness (QED) is 0.769. The summed E-state index contributed by atoms with van der Waals surface area (Å²) >= 11 is 0. The maximum absolute atomic E-state index is 12.0. The fourth-order valence-corrected chi connectivity index (χ4v) is 3.35. The molecule has 118 valence electrons. The molecule has 1 saturated carbocycles. The minimum atomic E-state index is -0.0386. The molecule has 21 heavy (non-hydrogen) atoms. The first-order valence-electron chi connectivity index (χ1n) is 8.07. The maximum atomic E-state index is 12.0. The number of hydrogen-bond donors (Lipinski definition) is 1. The molecule has 1 N–H and O–H groups in total. The molecule has 0 unspecified atom stereocenters. The molecule has 1 aliphatic carbocycles. The Balaban J connectivity index is 1.40. The van der Waals surface area contributed by atoms with Crippen molar-refractivity contribution < 1.29 is 9.59 Å². The molecule has 3 rings (SSSR count). The van der Waals surface area contributed by atoms with Crippen LogP contribution in [0.3, 0.4) is 0 Å². The van der Waals surface area contributed by atoms with Gasteiger partial charge in [0.05, 0.1) is 0 Å². The molecule has 6 heteroatoms. The average molecular weight is 294 g/mol. The zero-order valence-electron chi connectivity index (χ0n) is 12.9. The van der Waals surface area contributed by atoms with Crippen LogP contribution in [0.2, 0.25) is 0 Å². The molecule has 0 aromatic rings. The lowest BCUT2D eigenvalue weighted by Gasteiger charge is -2.23. The third kappa shape index (κ3) is 3.48. The molecule has 2 saturated heterocycles. The lowest BCUT2D eigenvalue weighted by atomic mass is 10.1. The van der Waals surface area contributed by atoms with Crippen LogP contribution in [0, 0.1) is 5.41 Å². The highest BCUT2D eigenvalue weighted by Crippen LogP contribution is 2.46. The number of hydrogen-bond acceptors (Lipinski definition) is 3. The number of likely N-dealkylation sites (N-methyl/N-ethyl adjacent to an activating group) is 1.